The van der Waals surface area contributed by atoms with Crippen LogP contribution in [-0.4, -0.2) is 11.2 Å². The molecule has 3 fully saturated rings. The van der Waals surface area contributed by atoms with E-state index < -0.39 is 0 Å². The van der Waals surface area contributed by atoms with Gasteiger partial charge in [0.05, 0.1) is 6.10 Å². The number of rotatable bonds is 5. The first kappa shape index (κ1) is 22.6. The summed E-state index contributed by atoms with van der Waals surface area (Å²) < 4.78 is 0. The molecule has 0 aromatic carbocycles. The predicted molar refractivity (Wildman–Crippen MR) is 128 cm³/mol. The third kappa shape index (κ3) is 3.28. The minimum atomic E-state index is -0.0537. The Morgan fingerprint density at radius 2 is 1.80 bits per heavy atom. The Bertz CT molecular complexity index is 703. The van der Waals surface area contributed by atoms with Crippen LogP contribution in [0.5, 0.6) is 0 Å². The summed E-state index contributed by atoms with van der Waals surface area (Å²) in [5, 5.41) is 10.3. The second-order valence-electron chi connectivity index (χ2n) is 12.8. The van der Waals surface area contributed by atoms with Crippen molar-refractivity contribution in [3.63, 3.8) is 0 Å². The summed E-state index contributed by atoms with van der Waals surface area (Å²) in [6, 6.07) is 0. The molecule has 0 radical (unpaired) electrons. The average molecular weight is 413 g/mol. The van der Waals surface area contributed by atoms with E-state index in [1.807, 2.05) is 5.57 Å². The van der Waals surface area contributed by atoms with Gasteiger partial charge in [-0.15, -0.1) is 0 Å². The second kappa shape index (κ2) is 7.79. The number of hydrogen-bond acceptors (Lipinski definition) is 1. The van der Waals surface area contributed by atoms with Crippen LogP contribution in [0.3, 0.4) is 0 Å². The van der Waals surface area contributed by atoms with Gasteiger partial charge in [0, 0.05) is 0 Å². The van der Waals surface area contributed by atoms with Crippen molar-refractivity contribution in [2.24, 2.45) is 45.8 Å². The average Bonchev–Trinajstić information content (AvgIpc) is 2.97. The molecule has 0 bridgehead atoms. The highest BCUT2D eigenvalue weighted by Gasteiger charge is 2.63. The van der Waals surface area contributed by atoms with Crippen LogP contribution in [0.25, 0.3) is 0 Å². The molecule has 0 heterocycles. The van der Waals surface area contributed by atoms with Crippen molar-refractivity contribution >= 4 is 0 Å². The lowest BCUT2D eigenvalue weighted by Crippen LogP contribution is -2.53. The first-order valence-corrected chi connectivity index (χ1v) is 13.1. The van der Waals surface area contributed by atoms with Gasteiger partial charge in [0.2, 0.25) is 0 Å². The number of aliphatic hydroxyl groups excluding tert-OH is 1. The van der Waals surface area contributed by atoms with Gasteiger partial charge in [-0.05, 0) is 110 Å². The van der Waals surface area contributed by atoms with Crippen molar-refractivity contribution in [2.45, 2.75) is 112 Å². The summed E-state index contributed by atoms with van der Waals surface area (Å²) in [7, 11) is 0. The zero-order valence-electron chi connectivity index (χ0n) is 20.8. The van der Waals surface area contributed by atoms with Crippen molar-refractivity contribution in [3.8, 4) is 0 Å². The molecule has 0 saturated heterocycles. The van der Waals surface area contributed by atoms with Gasteiger partial charge in [-0.25, -0.2) is 0 Å². The Hall–Kier alpha value is -0.560. The Balaban J connectivity index is 1.57. The topological polar surface area (TPSA) is 20.2 Å². The van der Waals surface area contributed by atoms with E-state index in [2.05, 4.69) is 54.2 Å². The van der Waals surface area contributed by atoms with Crippen molar-refractivity contribution in [2.75, 3.05) is 0 Å². The van der Waals surface area contributed by atoms with Crippen LogP contribution in [0.4, 0.5) is 0 Å². The molecule has 30 heavy (non-hydrogen) atoms. The van der Waals surface area contributed by atoms with Gasteiger partial charge in [0.15, 0.2) is 0 Å². The van der Waals surface area contributed by atoms with Crippen molar-refractivity contribution in [3.05, 3.63) is 23.8 Å². The first-order chi connectivity index (χ1) is 14.0. The Labute approximate surface area is 186 Å². The summed E-state index contributed by atoms with van der Waals surface area (Å²) in [6.07, 6.45) is 15.2. The summed E-state index contributed by atoms with van der Waals surface area (Å²) >= 11 is 0. The van der Waals surface area contributed by atoms with Crippen LogP contribution in [0.1, 0.15) is 106 Å². The van der Waals surface area contributed by atoms with Crippen LogP contribution in [-0.2, 0) is 0 Å². The minimum absolute atomic E-state index is 0.0537. The number of aliphatic hydroxyl groups is 1. The molecule has 0 spiro atoms. The zero-order valence-corrected chi connectivity index (χ0v) is 20.8. The van der Waals surface area contributed by atoms with Gasteiger partial charge >= 0.3 is 0 Å². The normalized spacial score (nSPS) is 46.6. The van der Waals surface area contributed by atoms with E-state index in [0.29, 0.717) is 28.1 Å². The molecule has 4 aliphatic carbocycles. The maximum absolute atomic E-state index is 10.3. The molecule has 0 aromatic rings. The SMILES string of the molecule is C=C(CCC(C)C1CCC2(C)C3CCC4CC(O)CCC4(C)C3=CCC12C)C(C)C. The molecule has 8 atom stereocenters. The Kier molecular flexibility index (Phi) is 5.87. The molecule has 1 heteroatoms. The number of hydrogen-bond donors (Lipinski definition) is 1. The summed E-state index contributed by atoms with van der Waals surface area (Å²) in [5.74, 6) is 3.73. The lowest BCUT2D eigenvalue weighted by atomic mass is 9.44. The largest absolute Gasteiger partial charge is 0.393 e. The van der Waals surface area contributed by atoms with Crippen LogP contribution in [0.2, 0.25) is 0 Å². The van der Waals surface area contributed by atoms with Crippen molar-refractivity contribution in [1.29, 1.82) is 0 Å². The van der Waals surface area contributed by atoms with Gasteiger partial charge in [0.25, 0.3) is 0 Å². The zero-order chi connectivity index (χ0) is 21.9. The van der Waals surface area contributed by atoms with Gasteiger partial charge in [-0.1, -0.05) is 65.3 Å². The molecular formula is C29H48O. The maximum atomic E-state index is 10.3. The maximum Gasteiger partial charge on any atom is 0.0543 e. The summed E-state index contributed by atoms with van der Waals surface area (Å²) in [5.41, 5.74) is 4.49. The molecule has 8 unspecified atom stereocenters. The lowest BCUT2D eigenvalue weighted by Gasteiger charge is -2.61. The standard InChI is InChI=1S/C29H48O/c1-19(2)20(3)8-9-21(4)24-13-16-29(7)26-11-10-22-18-23(30)12-15-27(22,5)25(26)14-17-28(24,29)6/h14,19,21-24,26,30H,3,8-13,15-18H2,1-2,4-7H3. The molecule has 0 aliphatic heterocycles. The van der Waals surface area contributed by atoms with Gasteiger partial charge in [-0.2, -0.15) is 0 Å². The molecule has 1 nitrogen and oxygen atoms in total. The summed E-state index contributed by atoms with van der Waals surface area (Å²) in [4.78, 5) is 0. The predicted octanol–water partition coefficient (Wildman–Crippen LogP) is 7.94. The Morgan fingerprint density at radius 3 is 2.50 bits per heavy atom. The van der Waals surface area contributed by atoms with Crippen LogP contribution in [0.15, 0.2) is 23.8 Å². The smallest absolute Gasteiger partial charge is 0.0543 e. The van der Waals surface area contributed by atoms with E-state index in [1.165, 1.54) is 56.9 Å². The molecular weight excluding hydrogens is 364 g/mol. The molecule has 1 N–H and O–H groups in total. The summed E-state index contributed by atoms with van der Waals surface area (Å²) in [6.45, 7) is 19.3. The van der Waals surface area contributed by atoms with Crippen LogP contribution < -0.4 is 0 Å². The van der Waals surface area contributed by atoms with E-state index in [-0.39, 0.29) is 6.10 Å². The van der Waals surface area contributed by atoms with Gasteiger partial charge in [0.1, 0.15) is 0 Å². The number of fused-ring (bicyclic) bond motifs is 5. The van der Waals surface area contributed by atoms with E-state index in [4.69, 9.17) is 0 Å². The molecule has 170 valence electrons. The highest BCUT2D eigenvalue weighted by atomic mass is 16.3. The van der Waals surface area contributed by atoms with E-state index >= 15 is 0 Å². The number of allylic oxidation sites excluding steroid dienone is 3. The molecule has 4 rings (SSSR count). The molecule has 3 saturated carbocycles. The monoisotopic (exact) mass is 412 g/mol. The molecule has 0 aromatic heterocycles. The quantitative estimate of drug-likeness (QED) is 0.454. The minimum Gasteiger partial charge on any atom is -0.393 e. The fourth-order valence-corrected chi connectivity index (χ4v) is 8.73. The van der Waals surface area contributed by atoms with Gasteiger partial charge in [-0.3, -0.25) is 0 Å². The van der Waals surface area contributed by atoms with Crippen LogP contribution >= 0.6 is 0 Å². The third-order valence-corrected chi connectivity index (χ3v) is 11.3. The van der Waals surface area contributed by atoms with Crippen molar-refractivity contribution < 1.29 is 5.11 Å². The van der Waals surface area contributed by atoms with Crippen LogP contribution in [0, 0.1) is 45.8 Å². The van der Waals surface area contributed by atoms with Crippen molar-refractivity contribution in [1.82, 2.24) is 0 Å². The Morgan fingerprint density at radius 1 is 1.07 bits per heavy atom. The first-order valence-electron chi connectivity index (χ1n) is 13.1. The highest BCUT2D eigenvalue weighted by Crippen LogP contribution is 2.71. The lowest BCUT2D eigenvalue weighted by molar-refractivity contribution is -0.0559. The second-order valence-corrected chi connectivity index (χ2v) is 12.8. The van der Waals surface area contributed by atoms with E-state index in [1.54, 1.807) is 0 Å². The van der Waals surface area contributed by atoms with E-state index in [9.17, 15) is 5.11 Å². The van der Waals surface area contributed by atoms with Gasteiger partial charge < -0.3 is 5.11 Å². The fraction of sp³-hybridized carbons (Fsp3) is 0.862. The highest BCUT2D eigenvalue weighted by molar-refractivity contribution is 5.31. The molecule has 0 amide bonds. The fourth-order valence-electron chi connectivity index (χ4n) is 8.73. The molecule has 4 aliphatic rings. The third-order valence-electron chi connectivity index (χ3n) is 11.3. The van der Waals surface area contributed by atoms with E-state index in [0.717, 1.165) is 30.6 Å².